The van der Waals surface area contributed by atoms with Crippen LogP contribution in [0.3, 0.4) is 0 Å². The molecular formula is C13H23IO2. The number of hydrogen-bond donors (Lipinski definition) is 0. The lowest BCUT2D eigenvalue weighted by atomic mass is 10.1. The highest BCUT2D eigenvalue weighted by Gasteiger charge is 1.93. The standard InChI is InChI=1S/C13H23IO2/c1-13(15)16-12-10-8-6-4-2-3-5-7-9-11-14/h5,7H,2-4,6,8-12H2,1H3/b7-5-. The molecule has 0 spiro atoms. The summed E-state index contributed by atoms with van der Waals surface area (Å²) in [6.07, 6.45) is 13.0. The Balaban J connectivity index is 3.01. The molecule has 0 aromatic heterocycles. The molecule has 0 unspecified atom stereocenters. The molecule has 0 amide bonds. The Labute approximate surface area is 113 Å². The van der Waals surface area contributed by atoms with Gasteiger partial charge in [0.1, 0.15) is 0 Å². The van der Waals surface area contributed by atoms with E-state index in [0.717, 1.165) is 6.42 Å². The van der Waals surface area contributed by atoms with Crippen molar-refractivity contribution in [3.63, 3.8) is 0 Å². The Morgan fingerprint density at radius 1 is 1.06 bits per heavy atom. The van der Waals surface area contributed by atoms with E-state index in [1.54, 1.807) is 0 Å². The van der Waals surface area contributed by atoms with Gasteiger partial charge in [0.05, 0.1) is 6.61 Å². The van der Waals surface area contributed by atoms with E-state index in [0.29, 0.717) is 6.61 Å². The fourth-order valence-electron chi connectivity index (χ4n) is 1.41. The Hall–Kier alpha value is -0.0600. The Kier molecular flexibility index (Phi) is 13.0. The van der Waals surface area contributed by atoms with E-state index < -0.39 is 0 Å². The molecule has 0 saturated heterocycles. The van der Waals surface area contributed by atoms with Crippen LogP contribution in [0.25, 0.3) is 0 Å². The van der Waals surface area contributed by atoms with Crippen molar-refractivity contribution < 1.29 is 9.53 Å². The maximum Gasteiger partial charge on any atom is 0.302 e. The maximum absolute atomic E-state index is 10.5. The quantitative estimate of drug-likeness (QED) is 0.195. The predicted molar refractivity (Wildman–Crippen MR) is 77.0 cm³/mol. The zero-order valence-corrected chi connectivity index (χ0v) is 12.4. The first-order valence-corrected chi connectivity index (χ1v) is 7.64. The fraction of sp³-hybridized carbons (Fsp3) is 0.769. The van der Waals surface area contributed by atoms with Crippen LogP contribution >= 0.6 is 22.6 Å². The normalized spacial score (nSPS) is 10.9. The predicted octanol–water partition coefficient (Wildman–Crippen LogP) is 4.27. The monoisotopic (exact) mass is 338 g/mol. The average Bonchev–Trinajstić information content (AvgIpc) is 2.25. The van der Waals surface area contributed by atoms with Crippen molar-refractivity contribution >= 4 is 28.6 Å². The van der Waals surface area contributed by atoms with Gasteiger partial charge in [-0.1, -0.05) is 54.0 Å². The molecule has 3 heteroatoms. The summed E-state index contributed by atoms with van der Waals surface area (Å²) >= 11 is 2.39. The van der Waals surface area contributed by atoms with Crippen molar-refractivity contribution in [3.8, 4) is 0 Å². The molecule has 0 saturated carbocycles. The van der Waals surface area contributed by atoms with Crippen molar-refractivity contribution in [2.45, 2.75) is 51.9 Å². The van der Waals surface area contributed by atoms with E-state index in [-0.39, 0.29) is 5.97 Å². The molecule has 0 fully saturated rings. The maximum atomic E-state index is 10.5. The lowest BCUT2D eigenvalue weighted by Crippen LogP contribution is -1.99. The molecular weight excluding hydrogens is 315 g/mol. The van der Waals surface area contributed by atoms with Crippen LogP contribution in [0.1, 0.15) is 51.9 Å². The van der Waals surface area contributed by atoms with Crippen LogP contribution in [0.4, 0.5) is 0 Å². The highest BCUT2D eigenvalue weighted by Crippen LogP contribution is 2.06. The number of alkyl halides is 1. The minimum Gasteiger partial charge on any atom is -0.466 e. The van der Waals surface area contributed by atoms with E-state index in [9.17, 15) is 4.79 Å². The number of allylic oxidation sites excluding steroid dienone is 2. The molecule has 0 rings (SSSR count). The van der Waals surface area contributed by atoms with Crippen LogP contribution in [-0.2, 0) is 9.53 Å². The zero-order valence-electron chi connectivity index (χ0n) is 10.2. The highest BCUT2D eigenvalue weighted by molar-refractivity contribution is 14.1. The lowest BCUT2D eigenvalue weighted by molar-refractivity contribution is -0.141. The molecule has 0 aliphatic heterocycles. The second kappa shape index (κ2) is 13.0. The van der Waals surface area contributed by atoms with Gasteiger partial charge in [0.15, 0.2) is 0 Å². The summed E-state index contributed by atoms with van der Waals surface area (Å²) in [5.74, 6) is -0.166. The SMILES string of the molecule is CC(=O)OCCCCCCC/C=C\CCI. The minimum absolute atomic E-state index is 0.166. The van der Waals surface area contributed by atoms with E-state index in [1.165, 1.54) is 49.9 Å². The molecule has 0 aromatic carbocycles. The van der Waals surface area contributed by atoms with Crippen molar-refractivity contribution in [3.05, 3.63) is 12.2 Å². The largest absolute Gasteiger partial charge is 0.466 e. The fourth-order valence-corrected chi connectivity index (χ4v) is 1.77. The Bertz CT molecular complexity index is 190. The summed E-state index contributed by atoms with van der Waals surface area (Å²) in [6, 6.07) is 0. The third-order valence-corrected chi connectivity index (χ3v) is 2.89. The molecule has 0 bridgehead atoms. The first-order valence-electron chi connectivity index (χ1n) is 6.11. The molecule has 94 valence electrons. The van der Waals surface area contributed by atoms with E-state index in [2.05, 4.69) is 34.7 Å². The summed E-state index contributed by atoms with van der Waals surface area (Å²) < 4.78 is 6.08. The number of rotatable bonds is 10. The minimum atomic E-state index is -0.166. The van der Waals surface area contributed by atoms with Crippen molar-refractivity contribution in [1.29, 1.82) is 0 Å². The van der Waals surface area contributed by atoms with Crippen molar-refractivity contribution in [2.24, 2.45) is 0 Å². The van der Waals surface area contributed by atoms with Crippen LogP contribution in [0, 0.1) is 0 Å². The molecule has 16 heavy (non-hydrogen) atoms. The molecule has 0 aromatic rings. The summed E-state index contributed by atoms with van der Waals surface area (Å²) in [6.45, 7) is 2.05. The van der Waals surface area contributed by atoms with Gasteiger partial charge >= 0.3 is 5.97 Å². The van der Waals surface area contributed by atoms with Gasteiger partial charge in [-0.25, -0.2) is 0 Å². The Morgan fingerprint density at radius 3 is 2.38 bits per heavy atom. The number of carbonyl (C=O) groups excluding carboxylic acids is 1. The number of unbranched alkanes of at least 4 members (excludes halogenated alkanes) is 5. The van der Waals surface area contributed by atoms with Gasteiger partial charge in [0.25, 0.3) is 0 Å². The van der Waals surface area contributed by atoms with Gasteiger partial charge in [-0.2, -0.15) is 0 Å². The van der Waals surface area contributed by atoms with Gasteiger partial charge in [-0.05, 0) is 25.7 Å². The molecule has 0 aliphatic rings. The van der Waals surface area contributed by atoms with Crippen LogP contribution in [0.5, 0.6) is 0 Å². The van der Waals surface area contributed by atoms with Crippen molar-refractivity contribution in [2.75, 3.05) is 11.0 Å². The number of ether oxygens (including phenoxy) is 1. The molecule has 0 radical (unpaired) electrons. The number of esters is 1. The second-order valence-electron chi connectivity index (χ2n) is 3.85. The third kappa shape index (κ3) is 13.9. The summed E-state index contributed by atoms with van der Waals surface area (Å²) in [5.41, 5.74) is 0. The third-order valence-electron chi connectivity index (χ3n) is 2.26. The summed E-state index contributed by atoms with van der Waals surface area (Å²) in [4.78, 5) is 10.5. The highest BCUT2D eigenvalue weighted by atomic mass is 127. The first-order chi connectivity index (χ1) is 7.77. The lowest BCUT2D eigenvalue weighted by Gasteiger charge is -2.01. The van der Waals surface area contributed by atoms with E-state index in [1.807, 2.05) is 0 Å². The second-order valence-corrected chi connectivity index (χ2v) is 4.92. The molecule has 0 heterocycles. The molecule has 0 aliphatic carbocycles. The first kappa shape index (κ1) is 15.9. The number of carbonyl (C=O) groups is 1. The molecule has 0 atom stereocenters. The van der Waals surface area contributed by atoms with Crippen LogP contribution < -0.4 is 0 Å². The smallest absolute Gasteiger partial charge is 0.302 e. The van der Waals surface area contributed by atoms with Gasteiger partial charge in [-0.15, -0.1) is 0 Å². The van der Waals surface area contributed by atoms with Crippen LogP contribution in [0.15, 0.2) is 12.2 Å². The summed E-state index contributed by atoms with van der Waals surface area (Å²) in [5, 5.41) is 0. The molecule has 2 nitrogen and oxygen atoms in total. The van der Waals surface area contributed by atoms with Gasteiger partial charge < -0.3 is 4.74 Å². The van der Waals surface area contributed by atoms with Crippen molar-refractivity contribution in [1.82, 2.24) is 0 Å². The number of halogens is 1. The van der Waals surface area contributed by atoms with E-state index >= 15 is 0 Å². The Morgan fingerprint density at radius 2 is 1.69 bits per heavy atom. The average molecular weight is 338 g/mol. The summed E-state index contributed by atoms with van der Waals surface area (Å²) in [7, 11) is 0. The molecule has 0 N–H and O–H groups in total. The van der Waals surface area contributed by atoms with Gasteiger partial charge in [-0.3, -0.25) is 4.79 Å². The zero-order chi connectivity index (χ0) is 12.1. The van der Waals surface area contributed by atoms with Crippen LogP contribution in [0.2, 0.25) is 0 Å². The van der Waals surface area contributed by atoms with Gasteiger partial charge in [0.2, 0.25) is 0 Å². The van der Waals surface area contributed by atoms with Crippen LogP contribution in [-0.4, -0.2) is 17.0 Å². The van der Waals surface area contributed by atoms with E-state index in [4.69, 9.17) is 4.74 Å². The van der Waals surface area contributed by atoms with Gasteiger partial charge in [0, 0.05) is 11.4 Å². The number of hydrogen-bond acceptors (Lipinski definition) is 2. The topological polar surface area (TPSA) is 26.3 Å².